The lowest BCUT2D eigenvalue weighted by atomic mass is 9.96. The van der Waals surface area contributed by atoms with Gasteiger partial charge in [0.1, 0.15) is 13.2 Å². The number of para-hydroxylation sites is 1. The van der Waals surface area contributed by atoms with E-state index in [-0.39, 0.29) is 13.2 Å². The number of aryl methyl sites for hydroxylation is 1. The molecule has 0 saturated heterocycles. The molecule has 2 aromatic carbocycles. The average molecular weight is 369 g/mol. The zero-order valence-corrected chi connectivity index (χ0v) is 15.6. The van der Waals surface area contributed by atoms with Gasteiger partial charge in [0, 0.05) is 35.9 Å². The number of hydrogen-bond acceptors (Lipinski definition) is 4. The summed E-state index contributed by atoms with van der Waals surface area (Å²) in [5, 5.41) is 7.04. The minimum atomic E-state index is -0.509. The molecule has 0 aliphatic heterocycles. The summed E-state index contributed by atoms with van der Waals surface area (Å²) in [7, 11) is 3.03. The quantitative estimate of drug-likeness (QED) is 0.641. The Balaban J connectivity index is 2.15. The maximum absolute atomic E-state index is 11.6. The molecule has 142 valence electrons. The molecule has 7 nitrogen and oxygen atoms in total. The van der Waals surface area contributed by atoms with Crippen molar-refractivity contribution in [1.82, 2.24) is 15.6 Å². The van der Waals surface area contributed by atoms with Gasteiger partial charge in [0.15, 0.2) is 0 Å². The fraction of sp³-hybridized carbons (Fsp3) is 0.300. The molecule has 0 spiro atoms. The van der Waals surface area contributed by atoms with Crippen molar-refractivity contribution in [2.75, 3.05) is 14.1 Å². The van der Waals surface area contributed by atoms with Gasteiger partial charge < -0.3 is 25.1 Å². The van der Waals surface area contributed by atoms with E-state index in [4.69, 9.17) is 9.47 Å². The van der Waals surface area contributed by atoms with Crippen molar-refractivity contribution < 1.29 is 19.1 Å². The van der Waals surface area contributed by atoms with Crippen molar-refractivity contribution in [1.29, 1.82) is 0 Å². The maximum atomic E-state index is 11.6. The van der Waals surface area contributed by atoms with Crippen molar-refractivity contribution in [2.45, 2.75) is 26.6 Å². The molecule has 0 aliphatic carbocycles. The van der Waals surface area contributed by atoms with Gasteiger partial charge in [0.25, 0.3) is 0 Å². The Morgan fingerprint density at radius 2 is 1.63 bits per heavy atom. The minimum absolute atomic E-state index is 0.0918. The highest BCUT2D eigenvalue weighted by molar-refractivity contribution is 6.08. The highest BCUT2D eigenvalue weighted by Crippen LogP contribution is 2.33. The van der Waals surface area contributed by atoms with Gasteiger partial charge >= 0.3 is 12.2 Å². The van der Waals surface area contributed by atoms with E-state index >= 15 is 0 Å². The topological polar surface area (TPSA) is 92.4 Å². The molecular weight excluding hydrogens is 346 g/mol. The summed E-state index contributed by atoms with van der Waals surface area (Å²) in [6.45, 7) is 2.24. The van der Waals surface area contributed by atoms with Gasteiger partial charge in [-0.1, -0.05) is 25.1 Å². The smallest absolute Gasteiger partial charge is 0.407 e. The summed E-state index contributed by atoms with van der Waals surface area (Å²) in [6.07, 6.45) is -0.277. The van der Waals surface area contributed by atoms with Crippen LogP contribution >= 0.6 is 0 Å². The molecule has 1 aromatic heterocycles. The van der Waals surface area contributed by atoms with Crippen LogP contribution in [0.5, 0.6) is 0 Å². The molecular formula is C20H23N3O4. The second-order valence-electron chi connectivity index (χ2n) is 6.09. The molecule has 3 aromatic rings. The van der Waals surface area contributed by atoms with E-state index in [1.165, 1.54) is 14.1 Å². The number of rotatable bonds is 5. The first kappa shape index (κ1) is 18.6. The van der Waals surface area contributed by atoms with Crippen LogP contribution in [0.1, 0.15) is 23.6 Å². The Hall–Kier alpha value is -3.22. The first-order chi connectivity index (χ1) is 13.1. The lowest BCUT2D eigenvalue weighted by Crippen LogP contribution is -2.21. The number of carbonyl (C=O) groups excluding carboxylic acids is 2. The average Bonchev–Trinajstić information content (AvgIpc) is 3.07. The number of alkyl carbamates (subject to hydrolysis) is 2. The number of hydrogen-bond donors (Lipinski definition) is 3. The van der Waals surface area contributed by atoms with Crippen molar-refractivity contribution in [2.24, 2.45) is 0 Å². The Bertz CT molecular complexity index is 994. The molecule has 2 amide bonds. The van der Waals surface area contributed by atoms with Gasteiger partial charge in [0.05, 0.1) is 5.52 Å². The van der Waals surface area contributed by atoms with Crippen molar-refractivity contribution in [3.8, 4) is 0 Å². The molecule has 0 aliphatic rings. The van der Waals surface area contributed by atoms with Gasteiger partial charge in [-0.05, 0) is 29.7 Å². The van der Waals surface area contributed by atoms with Crippen LogP contribution in [0, 0.1) is 0 Å². The van der Waals surface area contributed by atoms with E-state index in [9.17, 15) is 9.59 Å². The predicted octanol–water partition coefficient (Wildman–Crippen LogP) is 3.60. The first-order valence-electron chi connectivity index (χ1n) is 8.82. The number of nitrogens with one attached hydrogen (secondary N) is 3. The molecule has 0 saturated carbocycles. The van der Waals surface area contributed by atoms with Gasteiger partial charge in [0.2, 0.25) is 0 Å². The van der Waals surface area contributed by atoms with Crippen LogP contribution < -0.4 is 10.6 Å². The largest absolute Gasteiger partial charge is 0.445 e. The van der Waals surface area contributed by atoms with Crippen molar-refractivity contribution in [3.05, 3.63) is 47.0 Å². The van der Waals surface area contributed by atoms with Gasteiger partial charge in [-0.15, -0.1) is 0 Å². The number of H-pyrrole nitrogens is 1. The molecule has 3 rings (SSSR count). The zero-order chi connectivity index (χ0) is 19.4. The Morgan fingerprint density at radius 3 is 2.30 bits per heavy atom. The van der Waals surface area contributed by atoms with E-state index in [2.05, 4.69) is 21.7 Å². The number of benzene rings is 2. The Morgan fingerprint density at radius 1 is 0.963 bits per heavy atom. The number of amides is 2. The lowest BCUT2D eigenvalue weighted by Gasteiger charge is -2.16. The van der Waals surface area contributed by atoms with E-state index in [0.29, 0.717) is 0 Å². The Labute approximate surface area is 157 Å². The number of aromatic amines is 1. The monoisotopic (exact) mass is 369 g/mol. The summed E-state index contributed by atoms with van der Waals surface area (Å²) in [5.74, 6) is 0. The van der Waals surface area contributed by atoms with E-state index < -0.39 is 12.2 Å². The molecule has 0 atom stereocenters. The molecule has 7 heteroatoms. The molecule has 0 unspecified atom stereocenters. The van der Waals surface area contributed by atoms with Crippen LogP contribution in [0.3, 0.4) is 0 Å². The molecule has 0 bridgehead atoms. The van der Waals surface area contributed by atoms with Gasteiger partial charge in [-0.25, -0.2) is 9.59 Å². The lowest BCUT2D eigenvalue weighted by molar-refractivity contribution is 0.133. The second kappa shape index (κ2) is 7.99. The fourth-order valence-corrected chi connectivity index (χ4v) is 3.28. The molecule has 1 heterocycles. The zero-order valence-electron chi connectivity index (χ0n) is 15.6. The minimum Gasteiger partial charge on any atom is -0.445 e. The maximum Gasteiger partial charge on any atom is 0.407 e. The van der Waals surface area contributed by atoms with E-state index in [0.717, 1.165) is 44.9 Å². The number of aromatic nitrogens is 1. The third-order valence-electron chi connectivity index (χ3n) is 4.59. The molecule has 3 N–H and O–H groups in total. The normalized spacial score (nSPS) is 10.8. The highest BCUT2D eigenvalue weighted by Gasteiger charge is 2.18. The first-order valence-corrected chi connectivity index (χ1v) is 8.82. The van der Waals surface area contributed by atoms with Crippen LogP contribution in [-0.2, 0) is 29.1 Å². The van der Waals surface area contributed by atoms with Crippen LogP contribution in [0.4, 0.5) is 9.59 Å². The van der Waals surface area contributed by atoms with Crippen LogP contribution in [0.2, 0.25) is 0 Å². The van der Waals surface area contributed by atoms with E-state index in [1.54, 1.807) is 0 Å². The molecule has 27 heavy (non-hydrogen) atoms. The summed E-state index contributed by atoms with van der Waals surface area (Å²) in [6, 6.07) is 10.0. The summed E-state index contributed by atoms with van der Waals surface area (Å²) in [5.41, 5.74) is 4.76. The van der Waals surface area contributed by atoms with Gasteiger partial charge in [-0.2, -0.15) is 0 Å². The molecule has 0 radical (unpaired) electrons. The van der Waals surface area contributed by atoms with Crippen LogP contribution in [0.25, 0.3) is 21.8 Å². The SMILES string of the molecule is CCc1c(COC(=O)NC)c(COC(=O)NC)cc2c1[nH]c1ccccc12. The summed E-state index contributed by atoms with van der Waals surface area (Å²) < 4.78 is 10.6. The highest BCUT2D eigenvalue weighted by atomic mass is 16.6. The van der Waals surface area contributed by atoms with Crippen molar-refractivity contribution in [3.63, 3.8) is 0 Å². The standard InChI is InChI=1S/C20H23N3O4/c1-4-13-16(11-27-20(25)22-3)12(10-26-19(24)21-2)9-15-14-7-5-6-8-17(14)23-18(13)15/h5-9,23H,4,10-11H2,1-3H3,(H,21,24)(H,22,25). The second-order valence-corrected chi connectivity index (χ2v) is 6.09. The van der Waals surface area contributed by atoms with E-state index in [1.807, 2.05) is 31.2 Å². The number of carbonyl (C=O) groups is 2. The van der Waals surface area contributed by atoms with Crippen LogP contribution in [0.15, 0.2) is 30.3 Å². The summed E-state index contributed by atoms with van der Waals surface area (Å²) in [4.78, 5) is 26.6. The summed E-state index contributed by atoms with van der Waals surface area (Å²) >= 11 is 0. The fourth-order valence-electron chi connectivity index (χ4n) is 3.28. The number of ether oxygens (including phenoxy) is 2. The van der Waals surface area contributed by atoms with Crippen LogP contribution in [-0.4, -0.2) is 31.3 Å². The third kappa shape index (κ3) is 3.67. The van der Waals surface area contributed by atoms with Gasteiger partial charge in [-0.3, -0.25) is 0 Å². The Kier molecular flexibility index (Phi) is 5.49. The van der Waals surface area contributed by atoms with Crippen molar-refractivity contribution >= 4 is 34.0 Å². The third-order valence-corrected chi connectivity index (χ3v) is 4.59. The number of fused-ring (bicyclic) bond motifs is 3. The molecule has 0 fully saturated rings. The predicted molar refractivity (Wildman–Crippen MR) is 104 cm³/mol.